The van der Waals surface area contributed by atoms with E-state index in [1.54, 1.807) is 24.7 Å². The van der Waals surface area contributed by atoms with Crippen LogP contribution in [-0.2, 0) is 16.5 Å². The summed E-state index contributed by atoms with van der Waals surface area (Å²) < 4.78 is 13.1. The topological polar surface area (TPSA) is 282 Å². The Bertz CT molecular complexity index is 1940. The maximum atomic E-state index is 11.3. The lowest BCUT2D eigenvalue weighted by Gasteiger charge is -2.25. The molecule has 4 aromatic heterocycles. The number of H-pyrrole nitrogens is 1. The number of rotatable bonds is 6. The second-order valence-corrected chi connectivity index (χ2v) is 16.3. The minimum atomic E-state index is -1.27. The molecule has 0 aliphatic carbocycles. The largest absolute Gasteiger partial charge is 0.739 e. The SMILES string of the molecule is NC(=O)c1csc([C@@H]2O[C@H](CO)[C@@H](O)[C@H]2O)n1.Nc1n[n+]([O-])c2ccccc2[n+]1[O-].S=P(N1CC1)(N1CC1)N1CC1.c1ncc2[nH]cnc2n1. The van der Waals surface area contributed by atoms with E-state index in [-0.39, 0.29) is 22.7 Å². The van der Waals surface area contributed by atoms with E-state index in [9.17, 15) is 25.4 Å². The van der Waals surface area contributed by atoms with E-state index in [4.69, 9.17) is 33.1 Å². The Labute approximate surface area is 292 Å². The number of nitrogens with one attached hydrogen (secondary N) is 1. The fraction of sp³-hybridized carbons (Fsp3) is 0.407. The third-order valence-electron chi connectivity index (χ3n) is 7.74. The molecule has 50 heavy (non-hydrogen) atoms. The number of nitrogens with zero attached hydrogens (tertiary/aromatic N) is 10. The van der Waals surface area contributed by atoms with Crippen molar-refractivity contribution in [2.24, 2.45) is 5.73 Å². The summed E-state index contributed by atoms with van der Waals surface area (Å²) >= 11 is 6.85. The molecule has 4 fully saturated rings. The lowest BCUT2D eigenvalue weighted by atomic mass is 10.1. The molecular formula is C27H34N13O7PS2. The molecule has 5 aromatic rings. The van der Waals surface area contributed by atoms with Crippen molar-refractivity contribution >= 4 is 63.7 Å². The van der Waals surface area contributed by atoms with Gasteiger partial charge in [-0.3, -0.25) is 10.5 Å². The molecule has 4 aliphatic rings. The van der Waals surface area contributed by atoms with Crippen molar-refractivity contribution in [3.8, 4) is 0 Å². The van der Waals surface area contributed by atoms with Gasteiger partial charge in [0.1, 0.15) is 53.5 Å². The number of ether oxygens (including phenoxy) is 1. The molecule has 0 unspecified atom stereocenters. The molecule has 20 nitrogen and oxygen atoms in total. The number of aliphatic hydroxyl groups is 3. The number of hydrogen-bond acceptors (Lipinski definition) is 15. The predicted molar refractivity (Wildman–Crippen MR) is 182 cm³/mol. The zero-order valence-electron chi connectivity index (χ0n) is 26.2. The van der Waals surface area contributed by atoms with E-state index >= 15 is 0 Å². The number of nitrogen functional groups attached to an aromatic ring is 1. The molecule has 266 valence electrons. The van der Waals surface area contributed by atoms with Crippen LogP contribution in [0.5, 0.6) is 0 Å². The van der Waals surface area contributed by atoms with E-state index in [1.807, 2.05) is 0 Å². The lowest BCUT2D eigenvalue weighted by Crippen LogP contribution is -2.44. The molecule has 23 heteroatoms. The van der Waals surface area contributed by atoms with Gasteiger partial charge in [-0.1, -0.05) is 12.1 Å². The number of para-hydroxylation sites is 2. The Hall–Kier alpha value is -4.09. The number of anilines is 1. The van der Waals surface area contributed by atoms with Crippen molar-refractivity contribution in [3.05, 3.63) is 69.6 Å². The van der Waals surface area contributed by atoms with Crippen molar-refractivity contribution in [1.82, 2.24) is 44.0 Å². The number of hydrogen-bond donors (Lipinski definition) is 6. The maximum Gasteiger partial charge on any atom is 0.458 e. The molecule has 4 atom stereocenters. The second kappa shape index (κ2) is 15.0. The molecule has 0 radical (unpaired) electrons. The fourth-order valence-electron chi connectivity index (χ4n) is 4.89. The van der Waals surface area contributed by atoms with Crippen LogP contribution in [0.15, 0.2) is 48.5 Å². The third-order valence-corrected chi connectivity index (χ3v) is 14.1. The van der Waals surface area contributed by atoms with Crippen LogP contribution in [0.4, 0.5) is 5.95 Å². The Kier molecular flexibility index (Phi) is 10.7. The minimum absolute atomic E-state index is 0.0859. The van der Waals surface area contributed by atoms with Crippen molar-refractivity contribution < 1.29 is 34.4 Å². The molecule has 0 spiro atoms. The monoisotopic (exact) mass is 747 g/mol. The van der Waals surface area contributed by atoms with Crippen LogP contribution in [-0.4, -0.2) is 129 Å². The Balaban J connectivity index is 0.000000118. The maximum absolute atomic E-state index is 11.3. The van der Waals surface area contributed by atoms with Crippen molar-refractivity contribution in [2.75, 3.05) is 51.6 Å². The third kappa shape index (κ3) is 7.78. The second-order valence-electron chi connectivity index (χ2n) is 11.2. The number of fused-ring (bicyclic) bond motifs is 2. The van der Waals surface area contributed by atoms with Gasteiger partial charge >= 0.3 is 5.95 Å². The van der Waals surface area contributed by atoms with Gasteiger partial charge in [0.05, 0.1) is 19.1 Å². The van der Waals surface area contributed by atoms with Gasteiger partial charge in [0.15, 0.2) is 11.2 Å². The van der Waals surface area contributed by atoms with Crippen molar-refractivity contribution in [3.63, 3.8) is 0 Å². The highest BCUT2D eigenvalue weighted by molar-refractivity contribution is 8.11. The number of benzene rings is 1. The lowest BCUT2D eigenvalue weighted by molar-refractivity contribution is -0.672. The molecule has 9 rings (SSSR count). The number of thiazole rings is 1. The Morgan fingerprint density at radius 2 is 1.72 bits per heavy atom. The first-order valence-corrected chi connectivity index (χ1v) is 18.8. The summed E-state index contributed by atoms with van der Waals surface area (Å²) in [7, 11) is 0. The van der Waals surface area contributed by atoms with Gasteiger partial charge in [-0.2, -0.15) is 0 Å². The number of aliphatic hydroxyl groups excluding tert-OH is 3. The van der Waals surface area contributed by atoms with Crippen LogP contribution in [0.25, 0.3) is 22.2 Å². The Morgan fingerprint density at radius 3 is 2.26 bits per heavy atom. The summed E-state index contributed by atoms with van der Waals surface area (Å²) in [6.45, 7) is 5.86. The smallest absolute Gasteiger partial charge is 0.458 e. The first-order valence-electron chi connectivity index (χ1n) is 15.2. The molecule has 8 N–H and O–H groups in total. The quantitative estimate of drug-likeness (QED) is 0.0474. The molecule has 0 bridgehead atoms. The zero-order chi connectivity index (χ0) is 35.6. The number of imidazole rings is 1. The molecule has 1 amide bonds. The summed E-state index contributed by atoms with van der Waals surface area (Å²) in [6, 6.07) is 6.31. The van der Waals surface area contributed by atoms with E-state index in [0.29, 0.717) is 20.2 Å². The number of carbonyl (C=O) groups is 1. The fourth-order valence-corrected chi connectivity index (χ4v) is 10.1. The van der Waals surface area contributed by atoms with E-state index in [1.165, 1.54) is 63.1 Å². The average Bonchev–Trinajstić information content (AvgIpc) is 4.05. The highest BCUT2D eigenvalue weighted by Gasteiger charge is 2.51. The summed E-state index contributed by atoms with van der Waals surface area (Å²) in [5, 5.41) is 55.7. The highest BCUT2D eigenvalue weighted by atomic mass is 32.4. The Morgan fingerprint density at radius 1 is 1.08 bits per heavy atom. The predicted octanol–water partition coefficient (Wildman–Crippen LogP) is -2.01. The van der Waals surface area contributed by atoms with Gasteiger partial charge in [0.2, 0.25) is 5.10 Å². The summed E-state index contributed by atoms with van der Waals surface area (Å²) in [6.07, 6.45) is 0.707. The number of nitrogens with two attached hydrogens (primary N) is 2. The highest BCUT2D eigenvalue weighted by Crippen LogP contribution is 2.65. The van der Waals surface area contributed by atoms with Gasteiger partial charge in [0.25, 0.3) is 11.4 Å². The van der Waals surface area contributed by atoms with Gasteiger partial charge in [-0.25, -0.2) is 38.7 Å². The molecule has 4 saturated heterocycles. The minimum Gasteiger partial charge on any atom is -0.739 e. The van der Waals surface area contributed by atoms with E-state index in [0.717, 1.165) is 16.9 Å². The zero-order valence-corrected chi connectivity index (χ0v) is 28.8. The molecule has 1 aromatic carbocycles. The molecule has 4 aliphatic heterocycles. The first kappa shape index (κ1) is 35.7. The van der Waals surface area contributed by atoms with Crippen molar-refractivity contribution in [1.29, 1.82) is 0 Å². The van der Waals surface area contributed by atoms with Crippen LogP contribution in [0, 0.1) is 10.4 Å². The van der Waals surface area contributed by atoms with Crippen molar-refractivity contribution in [2.45, 2.75) is 24.4 Å². The van der Waals surface area contributed by atoms with Gasteiger partial charge in [-0.05, 0) is 17.9 Å². The number of aromatic nitrogens is 8. The van der Waals surface area contributed by atoms with Crippen LogP contribution < -0.4 is 21.0 Å². The number of carbonyl (C=O) groups excluding carboxylic acids is 1. The number of amides is 1. The van der Waals surface area contributed by atoms with Crippen LogP contribution in [0.2, 0.25) is 0 Å². The molecule has 0 saturated carbocycles. The molecular weight excluding hydrogens is 713 g/mol. The normalized spacial score (nSPS) is 22.9. The van der Waals surface area contributed by atoms with Crippen LogP contribution >= 0.6 is 17.8 Å². The number of primary amides is 1. The van der Waals surface area contributed by atoms with Gasteiger partial charge in [0, 0.05) is 55.6 Å². The summed E-state index contributed by atoms with van der Waals surface area (Å²) in [5.41, 5.74) is 12.3. The average molecular weight is 748 g/mol. The van der Waals surface area contributed by atoms with Gasteiger partial charge in [-0.15, -0.1) is 11.3 Å². The standard InChI is InChI=1S/C9H12N2O5S.C7H6N4O2.C6H12N3PS.C5H4N4/c10-8(15)3-2-17-9(11-3)7-6(14)5(13)4(1-12)16-7;8-7-9-11(13)6-4-2-1-3-5(6)10(7)12;11-10(7-1-2-7,8-3-4-8)9-5-6-9;1-4-5(8-2-6-1)9-3-7-4/h2,4-7,12-14H,1H2,(H2,10,15);1-4H,(H2,8,9);1-6H2;1-3H,(H,6,7,8,9)/t4-,5-,6-,7-;;;/m1.../s1. The van der Waals surface area contributed by atoms with E-state index < -0.39 is 43.4 Å². The van der Waals surface area contributed by atoms with Gasteiger partial charge < -0.3 is 41.2 Å². The summed E-state index contributed by atoms with van der Waals surface area (Å²) in [5.74, 6) is -1.02. The van der Waals surface area contributed by atoms with E-state index in [2.05, 4.69) is 44.0 Å². The van der Waals surface area contributed by atoms with Crippen LogP contribution in [0.1, 0.15) is 21.6 Å². The molecule has 8 heterocycles. The number of aromatic amines is 1. The first-order chi connectivity index (χ1) is 24.0. The van der Waals surface area contributed by atoms with Crippen LogP contribution in [0.3, 0.4) is 0 Å². The summed E-state index contributed by atoms with van der Waals surface area (Å²) in [4.78, 5) is 29.6.